The second-order valence-corrected chi connectivity index (χ2v) is 8.86. The highest BCUT2D eigenvalue weighted by atomic mass is 32.2. The summed E-state index contributed by atoms with van der Waals surface area (Å²) < 4.78 is 55.5. The number of anilines is 1. The number of thioether (sulfide) groups is 1. The van der Waals surface area contributed by atoms with Crippen molar-refractivity contribution in [3.8, 4) is 6.07 Å². The monoisotopic (exact) mass is 485 g/mol. The number of carbonyl (C=O) groups excluding carboxylic acids is 1. The lowest BCUT2D eigenvalue weighted by Gasteiger charge is -2.28. The van der Waals surface area contributed by atoms with E-state index in [-0.39, 0.29) is 28.7 Å². The van der Waals surface area contributed by atoms with Crippen LogP contribution in [-0.2, 0) is 23.8 Å². The zero-order chi connectivity index (χ0) is 24.3. The molecule has 1 atom stereocenters. The summed E-state index contributed by atoms with van der Waals surface area (Å²) in [5, 5.41) is 12.1. The molecule has 0 aliphatic heterocycles. The quantitative estimate of drug-likeness (QED) is 0.350. The molecule has 1 N–H and O–H groups in total. The Kier molecular flexibility index (Phi) is 6.89. The number of benzene rings is 2. The molecule has 1 aliphatic carbocycles. The van der Waals surface area contributed by atoms with E-state index in [2.05, 4.69) is 10.3 Å². The van der Waals surface area contributed by atoms with Crippen molar-refractivity contribution >= 4 is 23.4 Å². The lowest BCUT2D eigenvalue weighted by Crippen LogP contribution is -2.23. The first-order valence-electron chi connectivity index (χ1n) is 10.5. The number of nitrogens with one attached hydrogen (secondary N) is 1. The molecular formula is C25H19F4N3OS. The minimum absolute atomic E-state index is 0.0595. The number of pyridine rings is 1. The number of fused-ring (bicyclic) bond motifs is 1. The highest BCUT2D eigenvalue weighted by Gasteiger charge is 2.41. The minimum atomic E-state index is -4.73. The Labute approximate surface area is 198 Å². The van der Waals surface area contributed by atoms with Crippen LogP contribution in [0.3, 0.4) is 0 Å². The molecule has 4 nitrogen and oxygen atoms in total. The zero-order valence-electron chi connectivity index (χ0n) is 17.8. The summed E-state index contributed by atoms with van der Waals surface area (Å²) in [4.78, 5) is 16.7. The normalized spacial score (nSPS) is 15.3. The number of nitrogens with zero attached hydrogens (tertiary/aromatic N) is 2. The van der Waals surface area contributed by atoms with Crippen LogP contribution in [0.1, 0.15) is 40.3 Å². The molecule has 174 valence electrons. The fourth-order valence-electron chi connectivity index (χ4n) is 4.13. The molecule has 0 unspecified atom stereocenters. The summed E-state index contributed by atoms with van der Waals surface area (Å²) in [6.07, 6.45) is -3.60. The number of amides is 1. The maximum Gasteiger partial charge on any atom is 0.418 e. The first-order valence-corrected chi connectivity index (χ1v) is 11.5. The van der Waals surface area contributed by atoms with Crippen LogP contribution in [0.2, 0.25) is 0 Å². The number of alkyl halides is 3. The predicted octanol–water partition coefficient (Wildman–Crippen LogP) is 6.11. The topological polar surface area (TPSA) is 65.8 Å². The Morgan fingerprint density at radius 3 is 2.50 bits per heavy atom. The van der Waals surface area contributed by atoms with Crippen LogP contribution in [0, 0.1) is 17.1 Å². The van der Waals surface area contributed by atoms with Crippen LogP contribution in [0.5, 0.6) is 0 Å². The maximum absolute atomic E-state index is 14.2. The largest absolute Gasteiger partial charge is 0.418 e. The van der Waals surface area contributed by atoms with Gasteiger partial charge in [0.15, 0.2) is 0 Å². The van der Waals surface area contributed by atoms with Gasteiger partial charge in [-0.25, -0.2) is 9.37 Å². The van der Waals surface area contributed by atoms with Gasteiger partial charge in [0.25, 0.3) is 0 Å². The third kappa shape index (κ3) is 5.23. The maximum atomic E-state index is 14.2. The SMILES string of the molecule is N#Cc1c(SCC(=O)Nc2ccc(F)cc2)nc2c(c1C(F)(F)F)C[C@H](c1ccccc1)CC2. The van der Waals surface area contributed by atoms with Crippen molar-refractivity contribution in [3.63, 3.8) is 0 Å². The molecule has 0 spiro atoms. The van der Waals surface area contributed by atoms with Gasteiger partial charge in [0.1, 0.15) is 16.9 Å². The van der Waals surface area contributed by atoms with E-state index in [9.17, 15) is 27.6 Å². The molecule has 0 saturated heterocycles. The Bertz CT molecular complexity index is 1240. The first-order chi connectivity index (χ1) is 16.3. The molecule has 0 radical (unpaired) electrons. The first kappa shape index (κ1) is 23.8. The summed E-state index contributed by atoms with van der Waals surface area (Å²) in [6.45, 7) is 0. The van der Waals surface area contributed by atoms with Gasteiger partial charge in [0.05, 0.1) is 16.9 Å². The molecule has 34 heavy (non-hydrogen) atoms. The van der Waals surface area contributed by atoms with Crippen LogP contribution in [0.15, 0.2) is 59.6 Å². The lowest BCUT2D eigenvalue weighted by atomic mass is 9.79. The third-order valence-electron chi connectivity index (χ3n) is 5.66. The summed E-state index contributed by atoms with van der Waals surface area (Å²) in [6, 6.07) is 16.1. The molecule has 2 aromatic carbocycles. The van der Waals surface area contributed by atoms with Crippen molar-refractivity contribution in [1.82, 2.24) is 4.98 Å². The van der Waals surface area contributed by atoms with Crippen LogP contribution in [0.4, 0.5) is 23.2 Å². The van der Waals surface area contributed by atoms with Gasteiger partial charge in [-0.2, -0.15) is 18.4 Å². The molecule has 4 rings (SSSR count). The second-order valence-electron chi connectivity index (χ2n) is 7.90. The number of carbonyl (C=O) groups is 1. The molecule has 1 aromatic heterocycles. The molecule has 1 heterocycles. The summed E-state index contributed by atoms with van der Waals surface area (Å²) in [5.74, 6) is -1.30. The Morgan fingerprint density at radius 1 is 1.15 bits per heavy atom. The highest BCUT2D eigenvalue weighted by molar-refractivity contribution is 8.00. The number of aryl methyl sites for hydroxylation is 1. The number of aromatic nitrogens is 1. The van der Waals surface area contributed by atoms with Crippen LogP contribution < -0.4 is 5.32 Å². The summed E-state index contributed by atoms with van der Waals surface area (Å²) >= 11 is 0.783. The van der Waals surface area contributed by atoms with Gasteiger partial charge in [0.2, 0.25) is 5.91 Å². The number of halogens is 4. The van der Waals surface area contributed by atoms with Crippen molar-refractivity contribution in [2.75, 3.05) is 11.1 Å². The van der Waals surface area contributed by atoms with Crippen LogP contribution in [0.25, 0.3) is 0 Å². The van der Waals surface area contributed by atoms with E-state index in [0.29, 0.717) is 24.2 Å². The minimum Gasteiger partial charge on any atom is -0.325 e. The van der Waals surface area contributed by atoms with E-state index < -0.39 is 29.0 Å². The summed E-state index contributed by atoms with van der Waals surface area (Å²) in [5.41, 5.74) is 0.176. The number of hydrogen-bond acceptors (Lipinski definition) is 4. The van der Waals surface area contributed by atoms with Gasteiger partial charge in [-0.15, -0.1) is 0 Å². The second kappa shape index (κ2) is 9.85. The van der Waals surface area contributed by atoms with E-state index in [4.69, 9.17) is 0 Å². The summed E-state index contributed by atoms with van der Waals surface area (Å²) in [7, 11) is 0. The van der Waals surface area contributed by atoms with E-state index in [1.165, 1.54) is 24.3 Å². The average molecular weight is 486 g/mol. The molecule has 1 aliphatic rings. The molecule has 9 heteroatoms. The van der Waals surface area contributed by atoms with Gasteiger partial charge in [-0.3, -0.25) is 4.79 Å². The fraction of sp³-hybridized carbons (Fsp3) is 0.240. The van der Waals surface area contributed by atoms with Crippen molar-refractivity contribution in [1.29, 1.82) is 5.26 Å². The molecule has 1 amide bonds. The predicted molar refractivity (Wildman–Crippen MR) is 121 cm³/mol. The van der Waals surface area contributed by atoms with Crippen molar-refractivity contribution in [2.24, 2.45) is 0 Å². The third-order valence-corrected chi connectivity index (χ3v) is 6.64. The van der Waals surface area contributed by atoms with Crippen LogP contribution >= 0.6 is 11.8 Å². The highest BCUT2D eigenvalue weighted by Crippen LogP contribution is 2.43. The number of rotatable bonds is 5. The Morgan fingerprint density at radius 2 is 1.85 bits per heavy atom. The van der Waals surface area contributed by atoms with Crippen molar-refractivity contribution in [3.05, 3.63) is 88.4 Å². The molecule has 0 bridgehead atoms. The average Bonchev–Trinajstić information content (AvgIpc) is 2.82. The van der Waals surface area contributed by atoms with E-state index in [0.717, 1.165) is 17.3 Å². The van der Waals surface area contributed by atoms with Crippen LogP contribution in [-0.4, -0.2) is 16.6 Å². The fourth-order valence-corrected chi connectivity index (χ4v) is 4.94. The van der Waals surface area contributed by atoms with E-state index >= 15 is 0 Å². The van der Waals surface area contributed by atoms with Crippen molar-refractivity contribution in [2.45, 2.75) is 36.4 Å². The molecule has 0 saturated carbocycles. The molecular weight excluding hydrogens is 466 g/mol. The smallest absolute Gasteiger partial charge is 0.325 e. The van der Waals surface area contributed by atoms with Gasteiger partial charge in [0, 0.05) is 11.4 Å². The van der Waals surface area contributed by atoms with Gasteiger partial charge < -0.3 is 5.32 Å². The Hall–Kier alpha value is -3.38. The van der Waals surface area contributed by atoms with E-state index in [1.54, 1.807) is 6.07 Å². The Balaban J connectivity index is 1.61. The van der Waals surface area contributed by atoms with Gasteiger partial charge >= 0.3 is 6.18 Å². The van der Waals surface area contributed by atoms with Crippen molar-refractivity contribution < 1.29 is 22.4 Å². The van der Waals surface area contributed by atoms with E-state index in [1.807, 2.05) is 30.3 Å². The standard InChI is InChI=1S/C25H19F4N3OS/c26-17-7-9-18(10-8-17)31-22(33)14-34-24-20(13-30)23(25(27,28)29)19-12-16(6-11-21(19)32-24)15-4-2-1-3-5-15/h1-5,7-10,16H,6,11-12,14H2,(H,31,33)/t16-/m1/s1. The number of nitriles is 1. The van der Waals surface area contributed by atoms with Gasteiger partial charge in [-0.1, -0.05) is 42.1 Å². The molecule has 0 fully saturated rings. The molecule has 3 aromatic rings. The zero-order valence-corrected chi connectivity index (χ0v) is 18.6. The van der Waals surface area contributed by atoms with Gasteiger partial charge in [-0.05, 0) is 60.6 Å². The number of hydrogen-bond donors (Lipinski definition) is 1. The lowest BCUT2D eigenvalue weighted by molar-refractivity contribution is -0.138.